The Labute approximate surface area is 185 Å². The van der Waals surface area contributed by atoms with E-state index >= 15 is 0 Å². The average molecular weight is 438 g/mol. The molecule has 8 heteroatoms. The molecule has 3 heterocycles. The van der Waals surface area contributed by atoms with Crippen molar-refractivity contribution in [3.8, 4) is 0 Å². The number of ether oxygens (including phenoxy) is 3. The zero-order chi connectivity index (χ0) is 22.5. The molecule has 1 aromatic rings. The highest BCUT2D eigenvalue weighted by molar-refractivity contribution is 5.96. The molecule has 2 aliphatic rings. The van der Waals surface area contributed by atoms with Gasteiger partial charge < -0.3 is 18.7 Å². The normalized spacial score (nSPS) is 21.4. The molecule has 1 atom stereocenters. The minimum Gasteiger partial charge on any atom is -0.381 e. The molecule has 3 rings (SSSR count). The van der Waals surface area contributed by atoms with Crippen molar-refractivity contribution >= 4 is 11.8 Å². The fourth-order valence-corrected chi connectivity index (χ4v) is 3.85. The third kappa shape index (κ3) is 6.51. The zero-order valence-corrected chi connectivity index (χ0v) is 19.7. The summed E-state index contributed by atoms with van der Waals surface area (Å²) in [5, 5.41) is 7.09. The van der Waals surface area contributed by atoms with Crippen LogP contribution in [0.1, 0.15) is 65.5 Å². The molecule has 0 saturated carbocycles. The van der Waals surface area contributed by atoms with E-state index in [1.807, 2.05) is 34.7 Å². The monoisotopic (exact) mass is 437 g/mol. The van der Waals surface area contributed by atoms with Crippen LogP contribution in [0.15, 0.2) is 10.6 Å². The lowest BCUT2D eigenvalue weighted by Crippen LogP contribution is -2.52. The van der Waals surface area contributed by atoms with Gasteiger partial charge in [-0.2, -0.15) is 0 Å². The molecule has 2 aliphatic heterocycles. The smallest absolute Gasteiger partial charge is 0.246 e. The van der Waals surface area contributed by atoms with Gasteiger partial charge >= 0.3 is 0 Å². The van der Waals surface area contributed by atoms with Crippen LogP contribution in [0.2, 0.25) is 0 Å². The fraction of sp³-hybridized carbons (Fsp3) is 0.826. The van der Waals surface area contributed by atoms with E-state index in [2.05, 4.69) is 15.4 Å². The van der Waals surface area contributed by atoms with Crippen LogP contribution >= 0.6 is 0 Å². The van der Waals surface area contributed by atoms with Crippen LogP contribution < -0.4 is 5.32 Å². The number of carbonyl (C=O) groups is 1. The summed E-state index contributed by atoms with van der Waals surface area (Å²) >= 11 is 0. The van der Waals surface area contributed by atoms with E-state index in [0.717, 1.165) is 64.2 Å². The Hall–Kier alpha value is -1.48. The molecule has 176 valence electrons. The van der Waals surface area contributed by atoms with Gasteiger partial charge in [-0.3, -0.25) is 15.0 Å². The molecular weight excluding hydrogens is 398 g/mol. The van der Waals surface area contributed by atoms with Gasteiger partial charge in [0.1, 0.15) is 0 Å². The topological polar surface area (TPSA) is 86.1 Å². The summed E-state index contributed by atoms with van der Waals surface area (Å²) in [6, 6.07) is 1.79. The van der Waals surface area contributed by atoms with Crippen molar-refractivity contribution < 1.29 is 23.5 Å². The number of amides is 1. The van der Waals surface area contributed by atoms with Crippen molar-refractivity contribution in [2.75, 3.05) is 45.3 Å². The highest BCUT2D eigenvalue weighted by Crippen LogP contribution is 2.28. The van der Waals surface area contributed by atoms with E-state index < -0.39 is 5.54 Å². The van der Waals surface area contributed by atoms with E-state index in [9.17, 15) is 4.79 Å². The summed E-state index contributed by atoms with van der Waals surface area (Å²) in [5.41, 5.74) is -0.294. The van der Waals surface area contributed by atoms with E-state index in [1.165, 1.54) is 0 Å². The zero-order valence-electron chi connectivity index (χ0n) is 19.7. The second kappa shape index (κ2) is 10.4. The summed E-state index contributed by atoms with van der Waals surface area (Å²) in [7, 11) is 1.99. The maximum absolute atomic E-state index is 13.0. The van der Waals surface area contributed by atoms with Crippen LogP contribution in [-0.4, -0.2) is 67.8 Å². The Bertz CT molecular complexity index is 706. The van der Waals surface area contributed by atoms with Crippen LogP contribution in [0, 0.1) is 5.92 Å². The first kappa shape index (κ1) is 24.2. The molecule has 2 saturated heterocycles. The van der Waals surface area contributed by atoms with Gasteiger partial charge in [-0.1, -0.05) is 19.0 Å². The van der Waals surface area contributed by atoms with Gasteiger partial charge in [0, 0.05) is 37.8 Å². The van der Waals surface area contributed by atoms with Gasteiger partial charge in [-0.15, -0.1) is 0 Å². The summed E-state index contributed by atoms with van der Waals surface area (Å²) in [6.45, 7) is 11.6. The first-order valence-corrected chi connectivity index (χ1v) is 11.5. The Morgan fingerprint density at radius 2 is 1.94 bits per heavy atom. The predicted molar refractivity (Wildman–Crippen MR) is 118 cm³/mol. The van der Waals surface area contributed by atoms with Crippen LogP contribution in [0.3, 0.4) is 0 Å². The number of aromatic nitrogens is 1. The highest BCUT2D eigenvalue weighted by atomic mass is 16.7. The Morgan fingerprint density at radius 1 is 1.19 bits per heavy atom. The quantitative estimate of drug-likeness (QED) is 0.632. The fourth-order valence-electron chi connectivity index (χ4n) is 3.85. The molecule has 0 bridgehead atoms. The van der Waals surface area contributed by atoms with Crippen molar-refractivity contribution in [2.45, 2.75) is 77.0 Å². The molecule has 0 aliphatic carbocycles. The molecule has 31 heavy (non-hydrogen) atoms. The summed E-state index contributed by atoms with van der Waals surface area (Å²) in [6.07, 6.45) is 5.08. The molecular formula is C23H39N3O5. The third-order valence-electron chi connectivity index (χ3n) is 6.59. The summed E-state index contributed by atoms with van der Waals surface area (Å²) < 4.78 is 22.5. The van der Waals surface area contributed by atoms with Gasteiger partial charge in [0.25, 0.3) is 0 Å². The molecule has 1 unspecified atom stereocenters. The third-order valence-corrected chi connectivity index (χ3v) is 6.59. The highest BCUT2D eigenvalue weighted by Gasteiger charge is 2.35. The molecule has 1 aromatic heterocycles. The number of hydrogen-bond donors (Lipinski definition) is 1. The maximum atomic E-state index is 13.0. The number of nitrogens with zero attached hydrogens (tertiary/aromatic N) is 2. The molecule has 0 radical (unpaired) electrons. The average Bonchev–Trinajstić information content (AvgIpc) is 3.23. The largest absolute Gasteiger partial charge is 0.381 e. The second-order valence-corrected chi connectivity index (χ2v) is 10.0. The Kier molecular flexibility index (Phi) is 8.13. The number of anilines is 1. The molecule has 0 spiro atoms. The minimum atomic E-state index is -0.678. The van der Waals surface area contributed by atoms with Gasteiger partial charge in [-0.05, 0) is 58.9 Å². The van der Waals surface area contributed by atoms with Crippen LogP contribution in [0.4, 0.5) is 5.88 Å². The molecule has 2 fully saturated rings. The maximum Gasteiger partial charge on any atom is 0.246 e. The second-order valence-electron chi connectivity index (χ2n) is 10.0. The standard InChI is InChI=1S/C23H39N3O5/c1-22(2,16-30-20-8-6-7-11-29-20)18-14-19(31-25-18)24-21(27)23(3,4)26(5)15-17-9-12-28-13-10-17/h14,17,20H,6-13,15-16H2,1-5H3,(H,24,27). The molecule has 0 aromatic carbocycles. The first-order valence-electron chi connectivity index (χ1n) is 11.5. The van der Waals surface area contributed by atoms with Crippen molar-refractivity contribution in [1.82, 2.24) is 10.1 Å². The minimum absolute atomic E-state index is 0.116. The molecule has 1 N–H and O–H groups in total. The van der Waals surface area contributed by atoms with Crippen LogP contribution in [0.5, 0.6) is 0 Å². The Morgan fingerprint density at radius 3 is 2.61 bits per heavy atom. The number of nitrogens with one attached hydrogen (secondary N) is 1. The first-order chi connectivity index (χ1) is 14.7. The van der Waals surface area contributed by atoms with Crippen LogP contribution in [0.25, 0.3) is 0 Å². The lowest BCUT2D eigenvalue weighted by atomic mass is 9.90. The SMILES string of the molecule is CN(CC1CCOCC1)C(C)(C)C(=O)Nc1cc(C(C)(C)COC2CCCCO2)no1. The summed E-state index contributed by atoms with van der Waals surface area (Å²) in [4.78, 5) is 15.1. The predicted octanol–water partition coefficient (Wildman–Crippen LogP) is 3.57. The van der Waals surface area contributed by atoms with E-state index in [4.69, 9.17) is 18.7 Å². The van der Waals surface area contributed by atoms with Crippen molar-refractivity contribution in [2.24, 2.45) is 5.92 Å². The number of carbonyl (C=O) groups excluding carboxylic acids is 1. The Balaban J connectivity index is 1.53. The lowest BCUT2D eigenvalue weighted by molar-refractivity contribution is -0.170. The number of hydrogen-bond acceptors (Lipinski definition) is 7. The number of likely N-dealkylation sites (N-methyl/N-ethyl adjacent to an activating group) is 1. The lowest BCUT2D eigenvalue weighted by Gasteiger charge is -2.37. The van der Waals surface area contributed by atoms with Crippen LogP contribution in [-0.2, 0) is 24.4 Å². The molecule has 8 nitrogen and oxygen atoms in total. The van der Waals surface area contributed by atoms with Gasteiger partial charge in [-0.25, -0.2) is 0 Å². The summed E-state index contributed by atoms with van der Waals surface area (Å²) in [5.74, 6) is 0.792. The van der Waals surface area contributed by atoms with Crippen molar-refractivity contribution in [1.29, 1.82) is 0 Å². The van der Waals surface area contributed by atoms with E-state index in [1.54, 1.807) is 6.07 Å². The van der Waals surface area contributed by atoms with Gasteiger partial charge in [0.05, 0.1) is 17.8 Å². The van der Waals surface area contributed by atoms with Crippen molar-refractivity contribution in [3.05, 3.63) is 11.8 Å². The van der Waals surface area contributed by atoms with Gasteiger partial charge in [0.15, 0.2) is 6.29 Å². The number of rotatable bonds is 9. The van der Waals surface area contributed by atoms with E-state index in [0.29, 0.717) is 18.4 Å². The molecule has 1 amide bonds. The van der Waals surface area contributed by atoms with Gasteiger partial charge in [0.2, 0.25) is 11.8 Å². The van der Waals surface area contributed by atoms with Crippen molar-refractivity contribution in [3.63, 3.8) is 0 Å². The van der Waals surface area contributed by atoms with E-state index in [-0.39, 0.29) is 17.6 Å².